The zero-order valence-electron chi connectivity index (χ0n) is 11.5. The molecule has 0 bridgehead atoms. The molecule has 0 fully saturated rings. The van der Waals surface area contributed by atoms with Crippen molar-refractivity contribution in [2.24, 2.45) is 0 Å². The van der Waals surface area contributed by atoms with Gasteiger partial charge in [-0.3, -0.25) is 4.79 Å². The number of rotatable bonds is 5. The smallest absolute Gasteiger partial charge is 0.262 e. The van der Waals surface area contributed by atoms with Crippen LogP contribution in [0.2, 0.25) is 0 Å². The number of nitriles is 1. The molecule has 0 unspecified atom stereocenters. The Labute approximate surface area is 127 Å². The van der Waals surface area contributed by atoms with Crippen molar-refractivity contribution < 1.29 is 9.53 Å². The highest BCUT2D eigenvalue weighted by molar-refractivity contribution is 7.98. The predicted octanol–water partition coefficient (Wildman–Crippen LogP) is 3.30. The van der Waals surface area contributed by atoms with Crippen LogP contribution in [0.15, 0.2) is 53.4 Å². The van der Waals surface area contributed by atoms with E-state index < -0.39 is 0 Å². The second-order valence-electron chi connectivity index (χ2n) is 4.20. The van der Waals surface area contributed by atoms with E-state index >= 15 is 0 Å². The van der Waals surface area contributed by atoms with Gasteiger partial charge in [-0.1, -0.05) is 6.07 Å². The molecule has 0 aromatic heterocycles. The number of carbonyl (C=O) groups is 1. The minimum absolute atomic E-state index is 0.0981. The Kier molecular flexibility index (Phi) is 5.24. The standard InChI is InChI=1S/C16H14N2O2S/c1-21-15-7-5-13(6-8-15)18-16(19)11-20-14-4-2-3-12(9-14)10-17/h2-9H,11H2,1H3,(H,18,19). The van der Waals surface area contributed by atoms with E-state index in [1.807, 2.05) is 36.6 Å². The third kappa shape index (κ3) is 4.55. The molecule has 2 aromatic rings. The van der Waals surface area contributed by atoms with Gasteiger partial charge in [0.2, 0.25) is 0 Å². The third-order valence-electron chi connectivity index (χ3n) is 2.71. The minimum atomic E-state index is -0.241. The summed E-state index contributed by atoms with van der Waals surface area (Å²) in [4.78, 5) is 12.9. The van der Waals surface area contributed by atoms with Crippen LogP contribution >= 0.6 is 11.8 Å². The number of nitrogens with zero attached hydrogens (tertiary/aromatic N) is 1. The fourth-order valence-corrected chi connectivity index (χ4v) is 2.08. The predicted molar refractivity (Wildman–Crippen MR) is 83.5 cm³/mol. The molecule has 4 nitrogen and oxygen atoms in total. The number of benzene rings is 2. The van der Waals surface area contributed by atoms with Gasteiger partial charge in [-0.2, -0.15) is 5.26 Å². The van der Waals surface area contributed by atoms with Gasteiger partial charge in [0.1, 0.15) is 5.75 Å². The lowest BCUT2D eigenvalue weighted by molar-refractivity contribution is -0.118. The van der Waals surface area contributed by atoms with Gasteiger partial charge in [-0.15, -0.1) is 11.8 Å². The largest absolute Gasteiger partial charge is 0.484 e. The molecule has 1 N–H and O–H groups in total. The number of ether oxygens (including phenoxy) is 1. The van der Waals surface area contributed by atoms with Gasteiger partial charge in [0, 0.05) is 10.6 Å². The molecule has 2 aromatic carbocycles. The second kappa shape index (κ2) is 7.36. The number of nitrogens with one attached hydrogen (secondary N) is 1. The van der Waals surface area contributed by atoms with Crippen molar-refractivity contribution in [2.75, 3.05) is 18.2 Å². The van der Waals surface area contributed by atoms with Crippen LogP contribution in [0.1, 0.15) is 5.56 Å². The average molecular weight is 298 g/mol. The van der Waals surface area contributed by atoms with Gasteiger partial charge < -0.3 is 10.1 Å². The summed E-state index contributed by atoms with van der Waals surface area (Å²) in [5.41, 5.74) is 1.23. The molecular weight excluding hydrogens is 284 g/mol. The lowest BCUT2D eigenvalue weighted by Crippen LogP contribution is -2.20. The van der Waals surface area contributed by atoms with Crippen molar-refractivity contribution in [1.29, 1.82) is 5.26 Å². The van der Waals surface area contributed by atoms with Crippen LogP contribution in [0.3, 0.4) is 0 Å². The molecule has 0 aliphatic rings. The van der Waals surface area contributed by atoms with E-state index in [9.17, 15) is 4.79 Å². The highest BCUT2D eigenvalue weighted by Crippen LogP contribution is 2.17. The van der Waals surface area contributed by atoms with Crippen LogP contribution < -0.4 is 10.1 Å². The molecule has 0 atom stereocenters. The minimum Gasteiger partial charge on any atom is -0.484 e. The van der Waals surface area contributed by atoms with Gasteiger partial charge >= 0.3 is 0 Å². The topological polar surface area (TPSA) is 62.1 Å². The zero-order chi connectivity index (χ0) is 15.1. The summed E-state index contributed by atoms with van der Waals surface area (Å²) in [6.45, 7) is -0.0981. The van der Waals surface area contributed by atoms with Crippen molar-refractivity contribution >= 4 is 23.4 Å². The highest BCUT2D eigenvalue weighted by atomic mass is 32.2. The summed E-state index contributed by atoms with van der Waals surface area (Å²) in [5.74, 6) is 0.260. The Morgan fingerprint density at radius 1 is 1.29 bits per heavy atom. The SMILES string of the molecule is CSc1ccc(NC(=O)COc2cccc(C#N)c2)cc1. The van der Waals surface area contributed by atoms with E-state index in [0.717, 1.165) is 10.6 Å². The summed E-state index contributed by atoms with van der Waals surface area (Å²) in [6, 6.07) is 16.3. The van der Waals surface area contributed by atoms with Gasteiger partial charge in [-0.05, 0) is 48.7 Å². The quantitative estimate of drug-likeness (QED) is 0.860. The molecule has 0 heterocycles. The molecule has 0 saturated heterocycles. The van der Waals surface area contributed by atoms with E-state index in [4.69, 9.17) is 10.00 Å². The second-order valence-corrected chi connectivity index (χ2v) is 5.08. The molecule has 0 aliphatic heterocycles. The number of carbonyl (C=O) groups excluding carboxylic acids is 1. The monoisotopic (exact) mass is 298 g/mol. The Hall–Kier alpha value is -2.45. The number of anilines is 1. The lowest BCUT2D eigenvalue weighted by atomic mass is 10.2. The maximum absolute atomic E-state index is 11.8. The zero-order valence-corrected chi connectivity index (χ0v) is 12.3. The van der Waals surface area contributed by atoms with Gasteiger partial charge in [-0.25, -0.2) is 0 Å². The maximum atomic E-state index is 11.8. The van der Waals surface area contributed by atoms with Crippen molar-refractivity contribution in [3.05, 3.63) is 54.1 Å². The highest BCUT2D eigenvalue weighted by Gasteiger charge is 2.04. The molecule has 21 heavy (non-hydrogen) atoms. The van der Waals surface area contributed by atoms with Crippen LogP contribution in [0, 0.1) is 11.3 Å². The molecular formula is C16H14N2O2S. The molecule has 0 radical (unpaired) electrons. The fourth-order valence-electron chi connectivity index (χ4n) is 1.68. The molecule has 0 aliphatic carbocycles. The molecule has 106 valence electrons. The third-order valence-corrected chi connectivity index (χ3v) is 3.45. The van der Waals surface area contributed by atoms with Gasteiger partial charge in [0.05, 0.1) is 11.6 Å². The summed E-state index contributed by atoms with van der Waals surface area (Å²) in [7, 11) is 0. The van der Waals surface area contributed by atoms with E-state index in [0.29, 0.717) is 11.3 Å². The van der Waals surface area contributed by atoms with E-state index in [1.54, 1.807) is 36.0 Å². The number of amides is 1. The summed E-state index contributed by atoms with van der Waals surface area (Å²) >= 11 is 1.64. The normalized spacial score (nSPS) is 9.71. The Balaban J connectivity index is 1.88. The molecule has 2 rings (SSSR count). The first-order valence-electron chi connectivity index (χ1n) is 6.28. The van der Waals surface area contributed by atoms with Gasteiger partial charge in [0.25, 0.3) is 5.91 Å². The van der Waals surface area contributed by atoms with Crippen molar-refractivity contribution in [3.8, 4) is 11.8 Å². The summed E-state index contributed by atoms with van der Waals surface area (Å²) in [6.07, 6.45) is 2.00. The number of hydrogen-bond donors (Lipinski definition) is 1. The maximum Gasteiger partial charge on any atom is 0.262 e. The first-order valence-corrected chi connectivity index (χ1v) is 7.50. The summed E-state index contributed by atoms with van der Waals surface area (Å²) in [5, 5.41) is 11.5. The van der Waals surface area contributed by atoms with E-state index in [2.05, 4.69) is 5.32 Å². The fraction of sp³-hybridized carbons (Fsp3) is 0.125. The number of hydrogen-bond acceptors (Lipinski definition) is 4. The molecule has 0 saturated carbocycles. The first kappa shape index (κ1) is 14.9. The average Bonchev–Trinajstić information content (AvgIpc) is 2.54. The Morgan fingerprint density at radius 3 is 2.71 bits per heavy atom. The van der Waals surface area contributed by atoms with Crippen molar-refractivity contribution in [1.82, 2.24) is 0 Å². The Bertz CT molecular complexity index is 663. The van der Waals surface area contributed by atoms with Crippen LogP contribution in [-0.2, 0) is 4.79 Å². The van der Waals surface area contributed by atoms with Crippen LogP contribution in [0.4, 0.5) is 5.69 Å². The van der Waals surface area contributed by atoms with Crippen molar-refractivity contribution in [3.63, 3.8) is 0 Å². The van der Waals surface area contributed by atoms with Crippen LogP contribution in [0.5, 0.6) is 5.75 Å². The van der Waals surface area contributed by atoms with E-state index in [-0.39, 0.29) is 12.5 Å². The number of thioether (sulfide) groups is 1. The molecule has 5 heteroatoms. The van der Waals surface area contributed by atoms with E-state index in [1.165, 1.54) is 0 Å². The van der Waals surface area contributed by atoms with Crippen LogP contribution in [0.25, 0.3) is 0 Å². The van der Waals surface area contributed by atoms with Crippen LogP contribution in [-0.4, -0.2) is 18.8 Å². The van der Waals surface area contributed by atoms with Crippen molar-refractivity contribution in [2.45, 2.75) is 4.90 Å². The molecule has 0 spiro atoms. The first-order chi connectivity index (χ1) is 10.2. The Morgan fingerprint density at radius 2 is 2.05 bits per heavy atom. The molecule has 1 amide bonds. The lowest BCUT2D eigenvalue weighted by Gasteiger charge is -2.08. The van der Waals surface area contributed by atoms with Gasteiger partial charge in [0.15, 0.2) is 6.61 Å². The summed E-state index contributed by atoms with van der Waals surface area (Å²) < 4.78 is 5.36.